The monoisotopic (exact) mass is 302 g/mol. The molecule has 1 atom stereocenters. The standard InChI is InChI=1S/C14H10Cl2F2O/c15-9-2-4-11(12(16)6-9)14(19)5-8-1-3-10(17)7-13(8)18/h1-4,6-7,14,19H,5H2. The van der Waals surface area contributed by atoms with Gasteiger partial charge in [0.2, 0.25) is 0 Å². The van der Waals surface area contributed by atoms with Crippen molar-refractivity contribution in [3.05, 3.63) is 69.2 Å². The zero-order chi connectivity index (χ0) is 14.0. The third kappa shape index (κ3) is 3.44. The van der Waals surface area contributed by atoms with Crippen LogP contribution in [0.5, 0.6) is 0 Å². The predicted octanol–water partition coefficient (Wildman–Crippen LogP) is 4.55. The molecular weight excluding hydrogens is 293 g/mol. The maximum absolute atomic E-state index is 13.5. The molecule has 0 fully saturated rings. The normalized spacial score (nSPS) is 12.5. The molecule has 2 rings (SSSR count). The van der Waals surface area contributed by atoms with Gasteiger partial charge in [-0.25, -0.2) is 8.78 Å². The highest BCUT2D eigenvalue weighted by Crippen LogP contribution is 2.28. The molecule has 0 spiro atoms. The number of rotatable bonds is 3. The van der Waals surface area contributed by atoms with Crippen molar-refractivity contribution in [1.29, 1.82) is 0 Å². The van der Waals surface area contributed by atoms with Crippen LogP contribution < -0.4 is 0 Å². The highest BCUT2D eigenvalue weighted by molar-refractivity contribution is 6.35. The summed E-state index contributed by atoms with van der Waals surface area (Å²) in [5.74, 6) is -1.34. The molecule has 100 valence electrons. The number of benzene rings is 2. The van der Waals surface area contributed by atoms with E-state index in [4.69, 9.17) is 23.2 Å². The number of hydrogen-bond acceptors (Lipinski definition) is 1. The molecular formula is C14H10Cl2F2O. The van der Waals surface area contributed by atoms with Crippen molar-refractivity contribution in [2.24, 2.45) is 0 Å². The van der Waals surface area contributed by atoms with E-state index in [9.17, 15) is 13.9 Å². The van der Waals surface area contributed by atoms with E-state index in [1.165, 1.54) is 12.1 Å². The lowest BCUT2D eigenvalue weighted by molar-refractivity contribution is 0.177. The third-order valence-electron chi connectivity index (χ3n) is 2.75. The van der Waals surface area contributed by atoms with E-state index < -0.39 is 17.7 Å². The molecule has 0 saturated heterocycles. The predicted molar refractivity (Wildman–Crippen MR) is 71.5 cm³/mol. The van der Waals surface area contributed by atoms with Crippen molar-refractivity contribution in [3.63, 3.8) is 0 Å². The first-order chi connectivity index (χ1) is 8.97. The molecule has 2 aromatic rings. The summed E-state index contributed by atoms with van der Waals surface area (Å²) in [5.41, 5.74) is 0.676. The van der Waals surface area contributed by atoms with Crippen LogP contribution in [0.15, 0.2) is 36.4 Å². The van der Waals surface area contributed by atoms with Gasteiger partial charge in [0.15, 0.2) is 0 Å². The number of halogens is 4. The summed E-state index contributed by atoms with van der Waals surface area (Å²) >= 11 is 11.7. The van der Waals surface area contributed by atoms with Gasteiger partial charge in [-0.15, -0.1) is 0 Å². The summed E-state index contributed by atoms with van der Waals surface area (Å²) in [4.78, 5) is 0. The van der Waals surface area contributed by atoms with Crippen LogP contribution in [0.25, 0.3) is 0 Å². The maximum Gasteiger partial charge on any atom is 0.129 e. The van der Waals surface area contributed by atoms with E-state index in [0.29, 0.717) is 15.6 Å². The molecule has 1 unspecified atom stereocenters. The minimum absolute atomic E-state index is 0.00741. The van der Waals surface area contributed by atoms with E-state index in [1.807, 2.05) is 0 Å². The zero-order valence-corrected chi connectivity index (χ0v) is 11.2. The lowest BCUT2D eigenvalue weighted by Crippen LogP contribution is -2.04. The van der Waals surface area contributed by atoms with Crippen molar-refractivity contribution in [3.8, 4) is 0 Å². The molecule has 0 saturated carbocycles. The van der Waals surface area contributed by atoms with Gasteiger partial charge in [0.1, 0.15) is 11.6 Å². The topological polar surface area (TPSA) is 20.2 Å². The van der Waals surface area contributed by atoms with E-state index in [2.05, 4.69) is 0 Å². The number of aliphatic hydroxyl groups excluding tert-OH is 1. The average molecular weight is 303 g/mol. The molecule has 0 heterocycles. The van der Waals surface area contributed by atoms with Gasteiger partial charge >= 0.3 is 0 Å². The molecule has 2 aromatic carbocycles. The second-order valence-electron chi connectivity index (χ2n) is 4.12. The molecule has 19 heavy (non-hydrogen) atoms. The fraction of sp³-hybridized carbons (Fsp3) is 0.143. The lowest BCUT2D eigenvalue weighted by Gasteiger charge is -2.13. The quantitative estimate of drug-likeness (QED) is 0.882. The third-order valence-corrected chi connectivity index (χ3v) is 3.31. The summed E-state index contributed by atoms with van der Waals surface area (Å²) in [7, 11) is 0. The fourth-order valence-electron chi connectivity index (χ4n) is 1.78. The Hall–Kier alpha value is -1.16. The Morgan fingerprint density at radius 3 is 2.42 bits per heavy atom. The van der Waals surface area contributed by atoms with Crippen LogP contribution in [-0.4, -0.2) is 5.11 Å². The van der Waals surface area contributed by atoms with Gasteiger partial charge in [0, 0.05) is 22.5 Å². The molecule has 0 amide bonds. The SMILES string of the molecule is OC(Cc1ccc(F)cc1F)c1ccc(Cl)cc1Cl. The molecule has 5 heteroatoms. The molecule has 0 aliphatic carbocycles. The molecule has 0 bridgehead atoms. The van der Waals surface area contributed by atoms with Crippen LogP contribution in [0.3, 0.4) is 0 Å². The van der Waals surface area contributed by atoms with Gasteiger partial charge in [0.25, 0.3) is 0 Å². The summed E-state index contributed by atoms with van der Waals surface area (Å²) in [6.07, 6.45) is -0.974. The van der Waals surface area contributed by atoms with Gasteiger partial charge < -0.3 is 5.11 Å². The van der Waals surface area contributed by atoms with Gasteiger partial charge in [-0.05, 0) is 29.3 Å². The second-order valence-corrected chi connectivity index (χ2v) is 4.97. The Balaban J connectivity index is 2.23. The molecule has 1 nitrogen and oxygen atoms in total. The Bertz CT molecular complexity index is 602. The molecule has 0 radical (unpaired) electrons. The fourth-order valence-corrected chi connectivity index (χ4v) is 2.31. The highest BCUT2D eigenvalue weighted by Gasteiger charge is 2.15. The van der Waals surface area contributed by atoms with Crippen LogP contribution in [0, 0.1) is 11.6 Å². The van der Waals surface area contributed by atoms with E-state index in [-0.39, 0.29) is 12.0 Å². The number of hydrogen-bond donors (Lipinski definition) is 1. The lowest BCUT2D eigenvalue weighted by atomic mass is 10.0. The summed E-state index contributed by atoms with van der Waals surface area (Å²) in [6, 6.07) is 7.91. The zero-order valence-electron chi connectivity index (χ0n) is 9.71. The smallest absolute Gasteiger partial charge is 0.129 e. The molecule has 0 aliphatic rings. The van der Waals surface area contributed by atoms with Crippen molar-refractivity contribution in [1.82, 2.24) is 0 Å². The van der Waals surface area contributed by atoms with Crippen LogP contribution in [0.4, 0.5) is 8.78 Å². The largest absolute Gasteiger partial charge is 0.388 e. The van der Waals surface area contributed by atoms with Crippen LogP contribution >= 0.6 is 23.2 Å². The Kier molecular flexibility index (Phi) is 4.40. The van der Waals surface area contributed by atoms with Crippen molar-refractivity contribution >= 4 is 23.2 Å². The summed E-state index contributed by atoms with van der Waals surface area (Å²) < 4.78 is 26.3. The molecule has 0 aromatic heterocycles. The first-order valence-electron chi connectivity index (χ1n) is 5.54. The number of aliphatic hydroxyl groups is 1. The van der Waals surface area contributed by atoms with Crippen LogP contribution in [-0.2, 0) is 6.42 Å². The van der Waals surface area contributed by atoms with Crippen LogP contribution in [0.2, 0.25) is 10.0 Å². The van der Waals surface area contributed by atoms with Crippen molar-refractivity contribution in [2.75, 3.05) is 0 Å². The van der Waals surface area contributed by atoms with Crippen molar-refractivity contribution in [2.45, 2.75) is 12.5 Å². The summed E-state index contributed by atoms with van der Waals surface area (Å²) in [6.45, 7) is 0. The first kappa shape index (κ1) is 14.3. The average Bonchev–Trinajstić information content (AvgIpc) is 2.32. The maximum atomic E-state index is 13.5. The molecule has 1 N–H and O–H groups in total. The second kappa shape index (κ2) is 5.87. The van der Waals surface area contributed by atoms with Crippen LogP contribution in [0.1, 0.15) is 17.2 Å². The van der Waals surface area contributed by atoms with Gasteiger partial charge in [-0.1, -0.05) is 35.3 Å². The first-order valence-corrected chi connectivity index (χ1v) is 6.30. The Morgan fingerprint density at radius 2 is 1.79 bits per heavy atom. The van der Waals surface area contributed by atoms with Gasteiger partial charge in [-0.2, -0.15) is 0 Å². The minimum atomic E-state index is -0.982. The van der Waals surface area contributed by atoms with Gasteiger partial charge in [0.05, 0.1) is 6.10 Å². The Morgan fingerprint density at radius 1 is 1.05 bits per heavy atom. The van der Waals surface area contributed by atoms with Gasteiger partial charge in [-0.3, -0.25) is 0 Å². The molecule has 0 aliphatic heterocycles. The summed E-state index contributed by atoms with van der Waals surface area (Å²) in [5, 5.41) is 10.8. The Labute approximate surface area is 119 Å². The van der Waals surface area contributed by atoms with E-state index in [0.717, 1.165) is 12.1 Å². The van der Waals surface area contributed by atoms with Crippen molar-refractivity contribution < 1.29 is 13.9 Å². The highest BCUT2D eigenvalue weighted by atomic mass is 35.5. The van der Waals surface area contributed by atoms with E-state index in [1.54, 1.807) is 12.1 Å². The minimum Gasteiger partial charge on any atom is -0.388 e. The van der Waals surface area contributed by atoms with E-state index >= 15 is 0 Å².